The van der Waals surface area contributed by atoms with E-state index in [1.165, 1.54) is 12.8 Å². The van der Waals surface area contributed by atoms with E-state index in [2.05, 4.69) is 10.6 Å². The first-order chi connectivity index (χ1) is 8.29. The maximum absolute atomic E-state index is 9.65. The summed E-state index contributed by atoms with van der Waals surface area (Å²) in [6.07, 6.45) is 2.43. The van der Waals surface area contributed by atoms with Crippen molar-refractivity contribution in [2.45, 2.75) is 12.8 Å². The lowest BCUT2D eigenvalue weighted by Gasteiger charge is -2.23. The van der Waals surface area contributed by atoms with Crippen LogP contribution in [0.4, 0.5) is 5.69 Å². The highest BCUT2D eigenvalue weighted by molar-refractivity contribution is 5.54. The van der Waals surface area contributed by atoms with E-state index >= 15 is 0 Å². The lowest BCUT2D eigenvalue weighted by Crippen LogP contribution is -2.31. The summed E-state index contributed by atoms with van der Waals surface area (Å²) in [5.41, 5.74) is 0.946. The van der Waals surface area contributed by atoms with Crippen LogP contribution in [0, 0.1) is 5.92 Å². The maximum Gasteiger partial charge on any atom is 0.160 e. The fraction of sp³-hybridized carbons (Fsp3) is 0.538. The van der Waals surface area contributed by atoms with Crippen LogP contribution in [0.5, 0.6) is 11.5 Å². The third-order valence-electron chi connectivity index (χ3n) is 3.23. The quantitative estimate of drug-likeness (QED) is 0.746. The average molecular weight is 236 g/mol. The molecule has 0 spiro atoms. The van der Waals surface area contributed by atoms with E-state index in [4.69, 9.17) is 4.74 Å². The molecule has 0 radical (unpaired) electrons. The van der Waals surface area contributed by atoms with Gasteiger partial charge < -0.3 is 20.5 Å². The number of aromatic hydroxyl groups is 1. The molecule has 1 aliphatic heterocycles. The lowest BCUT2D eigenvalue weighted by molar-refractivity contribution is 0.373. The van der Waals surface area contributed by atoms with Gasteiger partial charge in [0.1, 0.15) is 0 Å². The van der Waals surface area contributed by atoms with Gasteiger partial charge in [0.05, 0.1) is 7.11 Å². The zero-order chi connectivity index (χ0) is 12.1. The van der Waals surface area contributed by atoms with Crippen molar-refractivity contribution in [3.63, 3.8) is 0 Å². The second-order valence-electron chi connectivity index (χ2n) is 4.46. The molecular weight excluding hydrogens is 216 g/mol. The van der Waals surface area contributed by atoms with E-state index in [1.807, 2.05) is 6.07 Å². The molecule has 1 aromatic carbocycles. The number of methoxy groups -OCH3 is 1. The number of phenolic OH excluding ortho intramolecular Hbond substituents is 1. The van der Waals surface area contributed by atoms with Crippen LogP contribution in [-0.4, -0.2) is 31.9 Å². The summed E-state index contributed by atoms with van der Waals surface area (Å²) in [6.45, 7) is 3.19. The number of nitrogens with one attached hydrogen (secondary N) is 2. The molecule has 0 saturated carbocycles. The van der Waals surface area contributed by atoms with Crippen LogP contribution in [-0.2, 0) is 0 Å². The number of piperidine rings is 1. The highest BCUT2D eigenvalue weighted by Gasteiger charge is 2.12. The summed E-state index contributed by atoms with van der Waals surface area (Å²) in [7, 11) is 1.55. The van der Waals surface area contributed by atoms with Crippen molar-refractivity contribution in [1.82, 2.24) is 5.32 Å². The van der Waals surface area contributed by atoms with E-state index in [-0.39, 0.29) is 5.75 Å². The van der Waals surface area contributed by atoms with Gasteiger partial charge in [-0.15, -0.1) is 0 Å². The highest BCUT2D eigenvalue weighted by Crippen LogP contribution is 2.28. The zero-order valence-electron chi connectivity index (χ0n) is 10.2. The van der Waals surface area contributed by atoms with Crippen LogP contribution in [0.2, 0.25) is 0 Å². The summed E-state index contributed by atoms with van der Waals surface area (Å²) in [5.74, 6) is 1.42. The monoisotopic (exact) mass is 236 g/mol. The normalized spacial score (nSPS) is 16.8. The third-order valence-corrected chi connectivity index (χ3v) is 3.23. The number of hydrogen-bond donors (Lipinski definition) is 3. The minimum Gasteiger partial charge on any atom is -0.504 e. The minimum absolute atomic E-state index is 0.183. The summed E-state index contributed by atoms with van der Waals surface area (Å²) in [6, 6.07) is 5.42. The van der Waals surface area contributed by atoms with E-state index in [1.54, 1.807) is 19.2 Å². The second kappa shape index (κ2) is 5.77. The van der Waals surface area contributed by atoms with Gasteiger partial charge in [-0.1, -0.05) is 0 Å². The van der Waals surface area contributed by atoms with Crippen molar-refractivity contribution in [2.24, 2.45) is 5.92 Å². The Balaban J connectivity index is 1.87. The predicted octanol–water partition coefficient (Wildman–Crippen LogP) is 1.81. The van der Waals surface area contributed by atoms with Crippen molar-refractivity contribution in [1.29, 1.82) is 0 Å². The molecule has 1 aromatic rings. The molecule has 1 aliphatic rings. The molecule has 0 bridgehead atoms. The third kappa shape index (κ3) is 3.27. The van der Waals surface area contributed by atoms with E-state index < -0.39 is 0 Å². The standard InChI is InChI=1S/C13H20N2O2/c1-17-13-3-2-11(8-12(13)16)15-9-10-4-6-14-7-5-10/h2-3,8,10,14-16H,4-7,9H2,1H3. The molecule has 17 heavy (non-hydrogen) atoms. The van der Waals surface area contributed by atoms with Crippen LogP contribution < -0.4 is 15.4 Å². The largest absolute Gasteiger partial charge is 0.504 e. The molecule has 1 fully saturated rings. The average Bonchev–Trinajstić information content (AvgIpc) is 2.38. The number of anilines is 1. The molecule has 1 heterocycles. The van der Waals surface area contributed by atoms with Gasteiger partial charge in [0.2, 0.25) is 0 Å². The smallest absolute Gasteiger partial charge is 0.160 e. The van der Waals surface area contributed by atoms with Gasteiger partial charge in [-0.2, -0.15) is 0 Å². The summed E-state index contributed by atoms with van der Waals surface area (Å²) >= 11 is 0. The first-order valence-electron chi connectivity index (χ1n) is 6.11. The van der Waals surface area contributed by atoms with Crippen molar-refractivity contribution in [3.8, 4) is 11.5 Å². The van der Waals surface area contributed by atoms with Crippen LogP contribution in [0.15, 0.2) is 18.2 Å². The van der Waals surface area contributed by atoms with Gasteiger partial charge >= 0.3 is 0 Å². The van der Waals surface area contributed by atoms with Gasteiger partial charge in [0.25, 0.3) is 0 Å². The summed E-state index contributed by atoms with van der Waals surface area (Å²) < 4.78 is 5.01. The number of benzene rings is 1. The zero-order valence-corrected chi connectivity index (χ0v) is 10.2. The topological polar surface area (TPSA) is 53.5 Å². The predicted molar refractivity (Wildman–Crippen MR) is 68.7 cm³/mol. The second-order valence-corrected chi connectivity index (χ2v) is 4.46. The van der Waals surface area contributed by atoms with Gasteiger partial charge in [0.15, 0.2) is 11.5 Å². The van der Waals surface area contributed by atoms with Crippen LogP contribution in [0.1, 0.15) is 12.8 Å². The van der Waals surface area contributed by atoms with Gasteiger partial charge in [-0.05, 0) is 44.0 Å². The molecule has 0 atom stereocenters. The minimum atomic E-state index is 0.183. The molecule has 94 valence electrons. The van der Waals surface area contributed by atoms with Gasteiger partial charge in [0, 0.05) is 18.3 Å². The van der Waals surface area contributed by atoms with Crippen LogP contribution in [0.3, 0.4) is 0 Å². The van der Waals surface area contributed by atoms with E-state index in [0.29, 0.717) is 5.75 Å². The Morgan fingerprint density at radius 1 is 1.41 bits per heavy atom. The Morgan fingerprint density at radius 2 is 2.18 bits per heavy atom. The molecule has 0 unspecified atom stereocenters. The summed E-state index contributed by atoms with van der Waals surface area (Å²) in [4.78, 5) is 0. The first-order valence-corrected chi connectivity index (χ1v) is 6.11. The number of rotatable bonds is 4. The Morgan fingerprint density at radius 3 is 2.82 bits per heavy atom. The molecule has 3 N–H and O–H groups in total. The molecule has 1 saturated heterocycles. The van der Waals surface area contributed by atoms with E-state index in [0.717, 1.165) is 31.2 Å². The number of hydrogen-bond acceptors (Lipinski definition) is 4. The molecule has 0 aliphatic carbocycles. The molecule has 4 nitrogen and oxygen atoms in total. The lowest BCUT2D eigenvalue weighted by atomic mass is 9.98. The van der Waals surface area contributed by atoms with Crippen molar-refractivity contribution in [3.05, 3.63) is 18.2 Å². The first kappa shape index (κ1) is 12.0. The Kier molecular flexibility index (Phi) is 4.09. The molecule has 0 aromatic heterocycles. The molecule has 0 amide bonds. The number of phenols is 1. The van der Waals surface area contributed by atoms with Gasteiger partial charge in [-0.25, -0.2) is 0 Å². The Bertz CT molecular complexity index is 362. The Labute approximate surface area is 102 Å². The number of ether oxygens (including phenoxy) is 1. The van der Waals surface area contributed by atoms with Gasteiger partial charge in [-0.3, -0.25) is 0 Å². The SMILES string of the molecule is COc1ccc(NCC2CCNCC2)cc1O. The van der Waals surface area contributed by atoms with Crippen molar-refractivity contribution >= 4 is 5.69 Å². The Hall–Kier alpha value is -1.42. The fourth-order valence-corrected chi connectivity index (χ4v) is 2.15. The van der Waals surface area contributed by atoms with Crippen molar-refractivity contribution in [2.75, 3.05) is 32.1 Å². The fourth-order valence-electron chi connectivity index (χ4n) is 2.15. The van der Waals surface area contributed by atoms with Crippen molar-refractivity contribution < 1.29 is 9.84 Å². The molecule has 4 heteroatoms. The van der Waals surface area contributed by atoms with Crippen LogP contribution in [0.25, 0.3) is 0 Å². The highest BCUT2D eigenvalue weighted by atomic mass is 16.5. The molecular formula is C13H20N2O2. The van der Waals surface area contributed by atoms with Crippen LogP contribution >= 0.6 is 0 Å². The van der Waals surface area contributed by atoms with E-state index in [9.17, 15) is 5.11 Å². The summed E-state index contributed by atoms with van der Waals surface area (Å²) in [5, 5.41) is 16.4. The maximum atomic E-state index is 9.65. The molecule has 2 rings (SSSR count).